The number of aliphatic hydroxyl groups is 1. The molecule has 0 saturated heterocycles. The predicted molar refractivity (Wildman–Crippen MR) is 132 cm³/mol. The minimum atomic E-state index is -3.91. The van der Waals surface area contributed by atoms with E-state index < -0.39 is 22.2 Å². The molecule has 2 N–H and O–H groups in total. The smallest absolute Gasteiger partial charge is 0.317 e. The molecule has 0 radical (unpaired) electrons. The first kappa shape index (κ1) is 26.0. The number of likely N-dealkylation sites (N-methyl/N-ethyl adjacent to an activating group) is 1. The van der Waals surface area contributed by atoms with Gasteiger partial charge in [-0.3, -0.25) is 0 Å². The minimum Gasteiger partial charge on any atom is -0.487 e. The Morgan fingerprint density at radius 2 is 1.85 bits per heavy atom. The second-order valence-corrected chi connectivity index (χ2v) is 11.1. The lowest BCUT2D eigenvalue weighted by Gasteiger charge is -2.37. The molecular formula is C25H35N3O5S. The molecular weight excluding hydrogens is 454 g/mol. The first-order chi connectivity index (χ1) is 16.0. The second-order valence-electron chi connectivity index (χ2n) is 9.25. The molecule has 3 rings (SSSR count). The molecule has 0 saturated carbocycles. The summed E-state index contributed by atoms with van der Waals surface area (Å²) < 4.78 is 34.9. The molecule has 0 bridgehead atoms. The molecule has 2 aromatic carbocycles. The summed E-state index contributed by atoms with van der Waals surface area (Å²) in [5.41, 5.74) is 1.76. The summed E-state index contributed by atoms with van der Waals surface area (Å²) in [6.07, 6.45) is -0.462. The zero-order valence-electron chi connectivity index (χ0n) is 20.4. The number of urea groups is 1. The zero-order valence-corrected chi connectivity index (χ0v) is 21.2. The van der Waals surface area contributed by atoms with Gasteiger partial charge >= 0.3 is 6.03 Å². The number of ether oxygens (including phenoxy) is 1. The third-order valence-electron chi connectivity index (χ3n) is 5.99. The fourth-order valence-electron chi connectivity index (χ4n) is 3.96. The van der Waals surface area contributed by atoms with Gasteiger partial charge in [-0.15, -0.1) is 0 Å². The van der Waals surface area contributed by atoms with Crippen molar-refractivity contribution in [1.29, 1.82) is 0 Å². The average molecular weight is 490 g/mol. The van der Waals surface area contributed by atoms with Gasteiger partial charge in [0.15, 0.2) is 0 Å². The Kier molecular flexibility index (Phi) is 8.22. The standard InChI is InChI=1S/C25H35N3O5S/c1-17(2)26-25(30)27(5)15-23-18(3)14-28(19(4)16-29)34(31,32)24-12-11-21(13-22(24)33-23)20-9-7-6-8-10-20/h6-13,17-19,23,29H,14-16H2,1-5H3,(H,26,30)/t18-,19-,23-/m1/s1. The molecule has 2 aromatic rings. The van der Waals surface area contributed by atoms with Gasteiger partial charge in [0.25, 0.3) is 0 Å². The Morgan fingerprint density at radius 1 is 1.18 bits per heavy atom. The molecule has 0 unspecified atom stereocenters. The van der Waals surface area contributed by atoms with Crippen LogP contribution in [0.3, 0.4) is 0 Å². The van der Waals surface area contributed by atoms with Gasteiger partial charge < -0.3 is 20.1 Å². The van der Waals surface area contributed by atoms with Gasteiger partial charge in [-0.05, 0) is 44.0 Å². The largest absolute Gasteiger partial charge is 0.487 e. The summed E-state index contributed by atoms with van der Waals surface area (Å²) in [7, 11) is -2.22. The number of nitrogens with one attached hydrogen (secondary N) is 1. The van der Waals surface area contributed by atoms with Crippen LogP contribution in [0.25, 0.3) is 11.1 Å². The van der Waals surface area contributed by atoms with Gasteiger partial charge in [-0.2, -0.15) is 4.31 Å². The maximum atomic E-state index is 13.6. The van der Waals surface area contributed by atoms with Crippen molar-refractivity contribution >= 4 is 16.1 Å². The summed E-state index contributed by atoms with van der Waals surface area (Å²) >= 11 is 0. The van der Waals surface area contributed by atoms with Gasteiger partial charge in [0, 0.05) is 31.6 Å². The van der Waals surface area contributed by atoms with Crippen molar-refractivity contribution in [2.24, 2.45) is 5.92 Å². The lowest BCUT2D eigenvalue weighted by molar-refractivity contribution is 0.0810. The molecule has 34 heavy (non-hydrogen) atoms. The molecule has 186 valence electrons. The van der Waals surface area contributed by atoms with Crippen molar-refractivity contribution in [3.63, 3.8) is 0 Å². The van der Waals surface area contributed by atoms with Crippen LogP contribution in [0.5, 0.6) is 5.75 Å². The van der Waals surface area contributed by atoms with E-state index in [-0.39, 0.29) is 48.3 Å². The van der Waals surface area contributed by atoms with Crippen LogP contribution in [0.4, 0.5) is 4.79 Å². The molecule has 2 amide bonds. The van der Waals surface area contributed by atoms with Crippen LogP contribution in [-0.4, -0.2) is 73.7 Å². The number of hydrogen-bond acceptors (Lipinski definition) is 5. The van der Waals surface area contributed by atoms with Crippen molar-refractivity contribution in [3.8, 4) is 16.9 Å². The lowest BCUT2D eigenvalue weighted by Crippen LogP contribution is -2.51. The van der Waals surface area contributed by atoms with Crippen molar-refractivity contribution in [3.05, 3.63) is 48.5 Å². The van der Waals surface area contributed by atoms with E-state index in [0.717, 1.165) is 11.1 Å². The van der Waals surface area contributed by atoms with Gasteiger partial charge in [0.2, 0.25) is 10.0 Å². The van der Waals surface area contributed by atoms with E-state index in [1.807, 2.05) is 51.1 Å². The summed E-state index contributed by atoms with van der Waals surface area (Å²) in [6, 6.07) is 13.9. The molecule has 1 aliphatic heterocycles. The summed E-state index contributed by atoms with van der Waals surface area (Å²) in [5.74, 6) is -0.00248. The maximum absolute atomic E-state index is 13.6. The van der Waals surface area contributed by atoms with Crippen LogP contribution in [0.1, 0.15) is 27.7 Å². The Bertz CT molecular complexity index is 1090. The van der Waals surface area contributed by atoms with Gasteiger partial charge in [-0.25, -0.2) is 13.2 Å². The highest BCUT2D eigenvalue weighted by Crippen LogP contribution is 2.36. The number of rotatable bonds is 6. The topological polar surface area (TPSA) is 99.2 Å². The fraction of sp³-hybridized carbons (Fsp3) is 0.480. The van der Waals surface area contributed by atoms with Crippen molar-refractivity contribution in [2.45, 2.75) is 50.8 Å². The zero-order chi connectivity index (χ0) is 25.0. The summed E-state index contributed by atoms with van der Waals surface area (Å²) in [6.45, 7) is 7.50. The van der Waals surface area contributed by atoms with Crippen LogP contribution < -0.4 is 10.1 Å². The highest BCUT2D eigenvalue weighted by Gasteiger charge is 2.38. The number of hydrogen-bond donors (Lipinski definition) is 2. The lowest BCUT2D eigenvalue weighted by atomic mass is 10.0. The predicted octanol–water partition coefficient (Wildman–Crippen LogP) is 3.17. The van der Waals surface area contributed by atoms with Crippen molar-refractivity contribution in [1.82, 2.24) is 14.5 Å². The maximum Gasteiger partial charge on any atom is 0.317 e. The number of aliphatic hydroxyl groups excluding tert-OH is 1. The van der Waals surface area contributed by atoms with Crippen LogP contribution in [0.2, 0.25) is 0 Å². The van der Waals surface area contributed by atoms with E-state index >= 15 is 0 Å². The highest BCUT2D eigenvalue weighted by atomic mass is 32.2. The van der Waals surface area contributed by atoms with E-state index in [0.29, 0.717) is 0 Å². The number of carbonyl (C=O) groups is 1. The molecule has 8 nitrogen and oxygen atoms in total. The second kappa shape index (κ2) is 10.8. The van der Waals surface area contributed by atoms with Gasteiger partial charge in [0.05, 0.1) is 13.2 Å². The number of carbonyl (C=O) groups excluding carboxylic acids is 1. The van der Waals surface area contributed by atoms with Crippen LogP contribution in [0.15, 0.2) is 53.4 Å². The van der Waals surface area contributed by atoms with E-state index in [4.69, 9.17) is 4.74 Å². The Labute approximate surface area is 202 Å². The van der Waals surface area contributed by atoms with Gasteiger partial charge in [-0.1, -0.05) is 43.3 Å². The third kappa shape index (κ3) is 5.71. The highest BCUT2D eigenvalue weighted by molar-refractivity contribution is 7.89. The monoisotopic (exact) mass is 489 g/mol. The molecule has 0 aliphatic carbocycles. The molecule has 0 fully saturated rings. The SMILES string of the molecule is CC(C)NC(=O)N(C)C[C@H]1Oc2cc(-c3ccccc3)ccc2S(=O)(=O)N([C@H](C)CO)C[C@H]1C. The number of fused-ring (bicyclic) bond motifs is 1. The molecule has 1 heterocycles. The normalized spacial score (nSPS) is 21.0. The fourth-order valence-corrected chi connectivity index (χ4v) is 5.79. The molecule has 9 heteroatoms. The molecule has 1 aliphatic rings. The van der Waals surface area contributed by atoms with E-state index in [1.54, 1.807) is 37.1 Å². The number of amides is 2. The van der Waals surface area contributed by atoms with E-state index in [1.165, 1.54) is 4.31 Å². The van der Waals surface area contributed by atoms with E-state index in [2.05, 4.69) is 5.32 Å². The molecule has 3 atom stereocenters. The first-order valence-electron chi connectivity index (χ1n) is 11.5. The summed E-state index contributed by atoms with van der Waals surface area (Å²) in [4.78, 5) is 14.1. The molecule has 0 aromatic heterocycles. The first-order valence-corrected chi connectivity index (χ1v) is 13.0. The molecule has 0 spiro atoms. The number of nitrogens with zero attached hydrogens (tertiary/aromatic N) is 2. The number of benzene rings is 2. The third-order valence-corrected chi connectivity index (χ3v) is 8.01. The van der Waals surface area contributed by atoms with Crippen molar-refractivity contribution in [2.75, 3.05) is 26.7 Å². The minimum absolute atomic E-state index is 0.00850. The Morgan fingerprint density at radius 3 is 2.47 bits per heavy atom. The Balaban J connectivity index is 2.06. The van der Waals surface area contributed by atoms with Crippen LogP contribution >= 0.6 is 0 Å². The quantitative estimate of drug-likeness (QED) is 0.649. The van der Waals surface area contributed by atoms with Crippen LogP contribution in [-0.2, 0) is 10.0 Å². The van der Waals surface area contributed by atoms with Gasteiger partial charge in [0.1, 0.15) is 16.7 Å². The van der Waals surface area contributed by atoms with Crippen LogP contribution in [0, 0.1) is 5.92 Å². The average Bonchev–Trinajstić information content (AvgIpc) is 2.80. The number of sulfonamides is 1. The van der Waals surface area contributed by atoms with Crippen molar-refractivity contribution < 1.29 is 23.1 Å². The summed E-state index contributed by atoms with van der Waals surface area (Å²) in [5, 5.41) is 12.6. The Hall–Kier alpha value is -2.62. The van der Waals surface area contributed by atoms with E-state index in [9.17, 15) is 18.3 Å².